The van der Waals surface area contributed by atoms with Gasteiger partial charge < -0.3 is 5.32 Å². The molecule has 1 atom stereocenters. The first-order valence-corrected chi connectivity index (χ1v) is 6.51. The van der Waals surface area contributed by atoms with Crippen molar-refractivity contribution in [1.29, 1.82) is 0 Å². The molecule has 0 spiro atoms. The average Bonchev–Trinajstić information content (AvgIpc) is 2.48. The maximum Gasteiger partial charge on any atom is 0.270 e. The molecule has 2 rings (SSSR count). The summed E-state index contributed by atoms with van der Waals surface area (Å²) in [6.07, 6.45) is 2.68. The van der Waals surface area contributed by atoms with E-state index in [4.69, 9.17) is 0 Å². The number of amides is 1. The quantitative estimate of drug-likeness (QED) is 0.910. The minimum Gasteiger partial charge on any atom is -0.344 e. The number of hydrogen-bond donors (Lipinski definition) is 1. The van der Waals surface area contributed by atoms with Gasteiger partial charge in [0.1, 0.15) is 5.69 Å². The molecule has 1 aromatic carbocycles. The summed E-state index contributed by atoms with van der Waals surface area (Å²) >= 11 is 0. The van der Waals surface area contributed by atoms with Crippen molar-refractivity contribution in [2.75, 3.05) is 0 Å². The predicted octanol–water partition coefficient (Wildman–Crippen LogP) is 3.14. The molecule has 1 amide bonds. The van der Waals surface area contributed by atoms with E-state index in [1.165, 1.54) is 0 Å². The molecule has 0 aliphatic heterocycles. The Morgan fingerprint density at radius 3 is 2.53 bits per heavy atom. The highest BCUT2D eigenvalue weighted by atomic mass is 16.1. The van der Waals surface area contributed by atoms with Gasteiger partial charge in [-0.3, -0.25) is 9.78 Å². The molecular formula is C16H18N2O. The Balaban J connectivity index is 2.04. The van der Waals surface area contributed by atoms with Crippen molar-refractivity contribution in [3.05, 3.63) is 65.5 Å². The predicted molar refractivity (Wildman–Crippen MR) is 75.9 cm³/mol. The Labute approximate surface area is 113 Å². The number of benzene rings is 1. The Hall–Kier alpha value is -2.16. The third-order valence-electron chi connectivity index (χ3n) is 3.11. The number of carbonyl (C=O) groups excluding carboxylic acids is 1. The first kappa shape index (κ1) is 13.3. The minimum absolute atomic E-state index is 0.0265. The smallest absolute Gasteiger partial charge is 0.270 e. The maximum atomic E-state index is 12.1. The van der Waals surface area contributed by atoms with Gasteiger partial charge in [-0.15, -0.1) is 0 Å². The first-order chi connectivity index (χ1) is 9.20. The van der Waals surface area contributed by atoms with Crippen LogP contribution in [0.3, 0.4) is 0 Å². The van der Waals surface area contributed by atoms with Gasteiger partial charge in [0.05, 0.1) is 6.04 Å². The van der Waals surface area contributed by atoms with Crippen LogP contribution >= 0.6 is 0 Å². The zero-order chi connectivity index (χ0) is 13.7. The number of aromatic nitrogens is 1. The second-order valence-electron chi connectivity index (χ2n) is 4.51. The van der Waals surface area contributed by atoms with Crippen LogP contribution in [0.25, 0.3) is 0 Å². The van der Waals surface area contributed by atoms with Crippen LogP contribution in [0.5, 0.6) is 0 Å². The highest BCUT2D eigenvalue weighted by Gasteiger charge is 2.11. The monoisotopic (exact) mass is 254 g/mol. The lowest BCUT2D eigenvalue weighted by Gasteiger charge is -2.13. The van der Waals surface area contributed by atoms with Gasteiger partial charge in [0.2, 0.25) is 0 Å². The van der Waals surface area contributed by atoms with Crippen molar-refractivity contribution in [1.82, 2.24) is 10.3 Å². The van der Waals surface area contributed by atoms with Crippen molar-refractivity contribution >= 4 is 5.91 Å². The topological polar surface area (TPSA) is 42.0 Å². The van der Waals surface area contributed by atoms with E-state index in [0.29, 0.717) is 5.69 Å². The number of nitrogens with zero attached hydrogens (tertiary/aromatic N) is 1. The molecule has 3 nitrogen and oxygen atoms in total. The molecule has 0 bridgehead atoms. The fraction of sp³-hybridized carbons (Fsp3) is 0.250. The normalized spacial score (nSPS) is 11.9. The fourth-order valence-electron chi connectivity index (χ4n) is 1.86. The van der Waals surface area contributed by atoms with Crippen molar-refractivity contribution in [3.63, 3.8) is 0 Å². The van der Waals surface area contributed by atoms with E-state index in [9.17, 15) is 4.79 Å². The molecule has 19 heavy (non-hydrogen) atoms. The van der Waals surface area contributed by atoms with Gasteiger partial charge in [0.25, 0.3) is 5.91 Å². The molecule has 0 aliphatic rings. The van der Waals surface area contributed by atoms with Crippen LogP contribution in [0.15, 0.2) is 48.7 Å². The molecule has 0 aliphatic carbocycles. The Morgan fingerprint density at radius 1 is 1.21 bits per heavy atom. The van der Waals surface area contributed by atoms with Crippen molar-refractivity contribution in [3.8, 4) is 0 Å². The number of carbonyl (C=O) groups is 1. The molecule has 1 heterocycles. The lowest BCUT2D eigenvalue weighted by atomic mass is 10.1. The summed E-state index contributed by atoms with van der Waals surface area (Å²) < 4.78 is 0. The van der Waals surface area contributed by atoms with Crippen LogP contribution in [0.4, 0.5) is 0 Å². The average molecular weight is 254 g/mol. The van der Waals surface area contributed by atoms with Crippen LogP contribution in [-0.4, -0.2) is 10.9 Å². The largest absolute Gasteiger partial charge is 0.344 e. The lowest BCUT2D eigenvalue weighted by Crippen LogP contribution is -2.27. The van der Waals surface area contributed by atoms with E-state index in [0.717, 1.165) is 17.5 Å². The molecule has 3 heteroatoms. The second-order valence-corrected chi connectivity index (χ2v) is 4.51. The summed E-state index contributed by atoms with van der Waals surface area (Å²) in [6, 6.07) is 13.6. The number of pyridine rings is 1. The molecule has 0 unspecified atom stereocenters. The molecule has 98 valence electrons. The number of nitrogens with one attached hydrogen (secondary N) is 1. The van der Waals surface area contributed by atoms with Gasteiger partial charge in [0.15, 0.2) is 0 Å². The van der Waals surface area contributed by atoms with Crippen molar-refractivity contribution < 1.29 is 4.79 Å². The summed E-state index contributed by atoms with van der Waals surface area (Å²) in [4.78, 5) is 16.2. The number of hydrogen-bond acceptors (Lipinski definition) is 2. The SMILES string of the molecule is CCc1ccc(C(=O)N[C@H](C)c2ccccc2)nc1. The van der Waals surface area contributed by atoms with E-state index in [1.807, 2.05) is 43.3 Å². The van der Waals surface area contributed by atoms with Gasteiger partial charge in [-0.1, -0.05) is 43.3 Å². The summed E-state index contributed by atoms with van der Waals surface area (Å²) in [7, 11) is 0. The second kappa shape index (κ2) is 6.14. The number of rotatable bonds is 4. The molecular weight excluding hydrogens is 236 g/mol. The fourth-order valence-corrected chi connectivity index (χ4v) is 1.86. The van der Waals surface area contributed by atoms with E-state index >= 15 is 0 Å². The van der Waals surface area contributed by atoms with Gasteiger partial charge in [0, 0.05) is 6.20 Å². The molecule has 0 fully saturated rings. The molecule has 1 aromatic heterocycles. The minimum atomic E-state index is -0.140. The summed E-state index contributed by atoms with van der Waals surface area (Å²) in [5.41, 5.74) is 2.67. The Morgan fingerprint density at radius 2 is 1.95 bits per heavy atom. The summed E-state index contributed by atoms with van der Waals surface area (Å²) in [5, 5.41) is 2.95. The summed E-state index contributed by atoms with van der Waals surface area (Å²) in [5.74, 6) is -0.140. The zero-order valence-corrected chi connectivity index (χ0v) is 11.3. The van der Waals surface area contributed by atoms with E-state index < -0.39 is 0 Å². The highest BCUT2D eigenvalue weighted by Crippen LogP contribution is 2.12. The maximum absolute atomic E-state index is 12.1. The van der Waals surface area contributed by atoms with Crippen LogP contribution in [0, 0.1) is 0 Å². The summed E-state index contributed by atoms with van der Waals surface area (Å²) in [6.45, 7) is 4.03. The van der Waals surface area contributed by atoms with Crippen LogP contribution in [0.1, 0.15) is 41.5 Å². The highest BCUT2D eigenvalue weighted by molar-refractivity contribution is 5.92. The third kappa shape index (κ3) is 3.41. The Kier molecular flexibility index (Phi) is 4.29. The van der Waals surface area contributed by atoms with Crippen molar-refractivity contribution in [2.45, 2.75) is 26.3 Å². The lowest BCUT2D eigenvalue weighted by molar-refractivity contribution is 0.0935. The molecule has 0 saturated heterocycles. The van der Waals surface area contributed by atoms with Gasteiger partial charge >= 0.3 is 0 Å². The Bertz CT molecular complexity index is 534. The van der Waals surface area contributed by atoms with Gasteiger partial charge in [-0.05, 0) is 30.5 Å². The van der Waals surface area contributed by atoms with E-state index in [1.54, 1.807) is 12.3 Å². The van der Waals surface area contributed by atoms with Crippen molar-refractivity contribution in [2.24, 2.45) is 0 Å². The number of aryl methyl sites for hydroxylation is 1. The van der Waals surface area contributed by atoms with Gasteiger partial charge in [-0.2, -0.15) is 0 Å². The zero-order valence-electron chi connectivity index (χ0n) is 11.3. The van der Waals surface area contributed by atoms with E-state index in [2.05, 4.69) is 17.2 Å². The van der Waals surface area contributed by atoms with Crippen LogP contribution in [0.2, 0.25) is 0 Å². The molecule has 2 aromatic rings. The molecule has 0 saturated carbocycles. The van der Waals surface area contributed by atoms with Crippen LogP contribution in [-0.2, 0) is 6.42 Å². The first-order valence-electron chi connectivity index (χ1n) is 6.51. The van der Waals surface area contributed by atoms with Crippen LogP contribution < -0.4 is 5.32 Å². The molecule has 0 radical (unpaired) electrons. The third-order valence-corrected chi connectivity index (χ3v) is 3.11. The van der Waals surface area contributed by atoms with E-state index in [-0.39, 0.29) is 11.9 Å². The van der Waals surface area contributed by atoms with Gasteiger partial charge in [-0.25, -0.2) is 0 Å². The standard InChI is InChI=1S/C16H18N2O/c1-3-13-9-10-15(17-11-13)16(19)18-12(2)14-7-5-4-6-8-14/h4-12H,3H2,1-2H3,(H,18,19)/t12-/m1/s1. The molecule has 1 N–H and O–H groups in total.